The molecule has 0 saturated heterocycles. The molecule has 0 radical (unpaired) electrons. The molecule has 1 aromatic rings. The Morgan fingerprint density at radius 1 is 1.20 bits per heavy atom. The van der Waals surface area contributed by atoms with Crippen LogP contribution in [0.5, 0.6) is 0 Å². The van der Waals surface area contributed by atoms with Crippen LogP contribution in [0.25, 0.3) is 0 Å². The van der Waals surface area contributed by atoms with E-state index < -0.39 is 15.6 Å². The molecule has 0 aliphatic heterocycles. The van der Waals surface area contributed by atoms with Crippen molar-refractivity contribution < 1.29 is 8.42 Å². The van der Waals surface area contributed by atoms with Crippen LogP contribution in [-0.4, -0.2) is 26.3 Å². The third-order valence-corrected chi connectivity index (χ3v) is 5.64. The fourth-order valence-electron chi connectivity index (χ4n) is 2.30. The monoisotopic (exact) mass is 298 g/mol. The first-order chi connectivity index (χ1) is 9.38. The minimum atomic E-state index is -3.35. The fraction of sp³-hybridized carbons (Fsp3) is 0.600. The van der Waals surface area contributed by atoms with E-state index in [0.717, 1.165) is 5.56 Å². The van der Waals surface area contributed by atoms with Crippen molar-refractivity contribution in [2.75, 3.05) is 12.3 Å². The molecule has 0 bridgehead atoms. The Morgan fingerprint density at radius 3 is 2.20 bits per heavy atom. The average Bonchev–Trinajstić information content (AvgIpc) is 2.45. The van der Waals surface area contributed by atoms with E-state index in [4.69, 9.17) is 5.73 Å². The van der Waals surface area contributed by atoms with Crippen molar-refractivity contribution in [3.8, 4) is 0 Å². The fourth-order valence-corrected chi connectivity index (χ4v) is 4.27. The molecule has 0 heterocycles. The van der Waals surface area contributed by atoms with Crippen LogP contribution < -0.4 is 10.5 Å². The molecule has 5 heteroatoms. The van der Waals surface area contributed by atoms with Gasteiger partial charge in [0.2, 0.25) is 10.0 Å². The summed E-state index contributed by atoms with van der Waals surface area (Å²) in [5, 5.41) is 0. The lowest BCUT2D eigenvalue weighted by Gasteiger charge is -2.31. The van der Waals surface area contributed by atoms with Crippen molar-refractivity contribution >= 4 is 10.0 Å². The van der Waals surface area contributed by atoms with Gasteiger partial charge in [-0.25, -0.2) is 13.1 Å². The van der Waals surface area contributed by atoms with E-state index in [1.165, 1.54) is 0 Å². The number of nitrogens with one attached hydrogen (secondary N) is 1. The summed E-state index contributed by atoms with van der Waals surface area (Å²) in [6.07, 6.45) is 1.39. The van der Waals surface area contributed by atoms with Crippen LogP contribution in [0.2, 0.25) is 0 Å². The molecular formula is C15H26N2O2S. The Balaban J connectivity index is 2.80. The Kier molecular flexibility index (Phi) is 6.17. The highest BCUT2D eigenvalue weighted by Crippen LogP contribution is 2.20. The van der Waals surface area contributed by atoms with Crippen molar-refractivity contribution in [3.05, 3.63) is 35.9 Å². The first-order valence-electron chi connectivity index (χ1n) is 7.14. The molecule has 0 amide bonds. The average molecular weight is 298 g/mol. The number of nitrogens with two attached hydrogens (primary N) is 1. The highest BCUT2D eigenvalue weighted by molar-refractivity contribution is 7.89. The number of hydrogen-bond acceptors (Lipinski definition) is 3. The van der Waals surface area contributed by atoms with Crippen LogP contribution >= 0.6 is 0 Å². The molecule has 1 atom stereocenters. The summed E-state index contributed by atoms with van der Waals surface area (Å²) in [6, 6.07) is 9.69. The largest absolute Gasteiger partial charge is 0.329 e. The normalized spacial score (nSPS) is 14.2. The van der Waals surface area contributed by atoms with Crippen molar-refractivity contribution in [2.45, 2.75) is 45.1 Å². The SMILES string of the molecule is CCC(CC)(CN)NS(=O)(=O)CC(C)c1ccccc1. The highest BCUT2D eigenvalue weighted by atomic mass is 32.2. The number of rotatable bonds is 8. The van der Waals surface area contributed by atoms with E-state index >= 15 is 0 Å². The second-order valence-corrected chi connectivity index (χ2v) is 7.15. The maximum Gasteiger partial charge on any atom is 0.212 e. The van der Waals surface area contributed by atoms with Gasteiger partial charge in [-0.3, -0.25) is 0 Å². The van der Waals surface area contributed by atoms with Crippen molar-refractivity contribution in [1.82, 2.24) is 4.72 Å². The molecule has 1 aromatic carbocycles. The summed E-state index contributed by atoms with van der Waals surface area (Å²) < 4.78 is 27.5. The van der Waals surface area contributed by atoms with Gasteiger partial charge in [0.15, 0.2) is 0 Å². The van der Waals surface area contributed by atoms with Gasteiger partial charge < -0.3 is 5.73 Å². The van der Waals surface area contributed by atoms with Gasteiger partial charge in [0.25, 0.3) is 0 Å². The summed E-state index contributed by atoms with van der Waals surface area (Å²) in [4.78, 5) is 0. The number of benzene rings is 1. The van der Waals surface area contributed by atoms with Gasteiger partial charge in [-0.2, -0.15) is 0 Å². The standard InChI is InChI=1S/C15H26N2O2S/c1-4-15(5-2,12-16)17-20(18,19)11-13(3)14-9-7-6-8-10-14/h6-10,13,17H,4-5,11-12,16H2,1-3H3. The molecule has 4 nitrogen and oxygen atoms in total. The summed E-state index contributed by atoms with van der Waals surface area (Å²) in [6.45, 7) is 6.16. The maximum atomic E-state index is 12.3. The first kappa shape index (κ1) is 17.1. The molecule has 20 heavy (non-hydrogen) atoms. The summed E-state index contributed by atoms with van der Waals surface area (Å²) in [5.74, 6) is 0.0385. The minimum Gasteiger partial charge on any atom is -0.329 e. The lowest BCUT2D eigenvalue weighted by atomic mass is 9.95. The van der Waals surface area contributed by atoms with Gasteiger partial charge in [-0.1, -0.05) is 51.1 Å². The second-order valence-electron chi connectivity index (χ2n) is 5.39. The summed E-state index contributed by atoms with van der Waals surface area (Å²) in [5.41, 5.74) is 6.26. The summed E-state index contributed by atoms with van der Waals surface area (Å²) >= 11 is 0. The Bertz CT molecular complexity index is 488. The molecule has 0 saturated carbocycles. The van der Waals surface area contributed by atoms with Gasteiger partial charge in [0, 0.05) is 12.1 Å². The van der Waals surface area contributed by atoms with Crippen LogP contribution in [0.4, 0.5) is 0 Å². The predicted molar refractivity (Wildman–Crippen MR) is 84.1 cm³/mol. The van der Waals surface area contributed by atoms with Crippen LogP contribution in [0.15, 0.2) is 30.3 Å². The quantitative estimate of drug-likeness (QED) is 0.773. The van der Waals surface area contributed by atoms with Gasteiger partial charge in [-0.05, 0) is 24.3 Å². The van der Waals surface area contributed by atoms with Crippen molar-refractivity contribution in [1.29, 1.82) is 0 Å². The summed E-state index contributed by atoms with van der Waals surface area (Å²) in [7, 11) is -3.35. The number of sulfonamides is 1. The molecule has 0 spiro atoms. The van der Waals surface area contributed by atoms with Crippen LogP contribution in [0.3, 0.4) is 0 Å². The molecule has 3 N–H and O–H groups in total. The van der Waals surface area contributed by atoms with Gasteiger partial charge >= 0.3 is 0 Å². The van der Waals surface area contributed by atoms with E-state index in [0.29, 0.717) is 19.4 Å². The third kappa shape index (κ3) is 4.58. The zero-order valence-electron chi connectivity index (χ0n) is 12.6. The van der Waals surface area contributed by atoms with Crippen LogP contribution in [-0.2, 0) is 10.0 Å². The Hall–Kier alpha value is -0.910. The van der Waals surface area contributed by atoms with E-state index in [1.807, 2.05) is 51.1 Å². The van der Waals surface area contributed by atoms with E-state index in [1.54, 1.807) is 0 Å². The Labute approximate surface area is 122 Å². The lowest BCUT2D eigenvalue weighted by Crippen LogP contribution is -2.53. The van der Waals surface area contributed by atoms with Crippen LogP contribution in [0.1, 0.15) is 45.1 Å². The van der Waals surface area contributed by atoms with E-state index in [9.17, 15) is 8.42 Å². The zero-order chi connectivity index (χ0) is 15.2. The highest BCUT2D eigenvalue weighted by Gasteiger charge is 2.30. The zero-order valence-corrected chi connectivity index (χ0v) is 13.4. The molecule has 1 unspecified atom stereocenters. The van der Waals surface area contributed by atoms with Crippen LogP contribution in [0, 0.1) is 0 Å². The minimum absolute atomic E-state index is 0.0436. The molecular weight excluding hydrogens is 272 g/mol. The van der Waals surface area contributed by atoms with Gasteiger partial charge in [-0.15, -0.1) is 0 Å². The van der Waals surface area contributed by atoms with Gasteiger partial charge in [0.05, 0.1) is 5.75 Å². The lowest BCUT2D eigenvalue weighted by molar-refractivity contribution is 0.363. The van der Waals surface area contributed by atoms with Crippen molar-refractivity contribution in [2.24, 2.45) is 5.73 Å². The molecule has 0 aromatic heterocycles. The Morgan fingerprint density at radius 2 is 1.75 bits per heavy atom. The second kappa shape index (κ2) is 7.20. The van der Waals surface area contributed by atoms with Crippen molar-refractivity contribution in [3.63, 3.8) is 0 Å². The van der Waals surface area contributed by atoms with Gasteiger partial charge in [0.1, 0.15) is 0 Å². The molecule has 114 valence electrons. The maximum absolute atomic E-state index is 12.3. The van der Waals surface area contributed by atoms with E-state index in [-0.39, 0.29) is 11.7 Å². The van der Waals surface area contributed by atoms with E-state index in [2.05, 4.69) is 4.72 Å². The molecule has 0 aliphatic rings. The third-order valence-electron chi connectivity index (χ3n) is 3.95. The molecule has 0 fully saturated rings. The smallest absolute Gasteiger partial charge is 0.212 e. The number of hydrogen-bond donors (Lipinski definition) is 2. The predicted octanol–water partition coefficient (Wildman–Crippen LogP) is 2.23. The first-order valence-corrected chi connectivity index (χ1v) is 8.80. The topological polar surface area (TPSA) is 72.2 Å². The molecule has 1 rings (SSSR count). The molecule has 0 aliphatic carbocycles.